The van der Waals surface area contributed by atoms with Crippen LogP contribution in [0.3, 0.4) is 0 Å². The fourth-order valence-corrected chi connectivity index (χ4v) is 2.50. The number of H-pyrrole nitrogens is 1. The van der Waals surface area contributed by atoms with Crippen molar-refractivity contribution in [2.75, 3.05) is 5.32 Å². The number of aromatic nitrogens is 1. The highest BCUT2D eigenvalue weighted by Crippen LogP contribution is 2.29. The number of nitrogens with one attached hydrogen (secondary N) is 2. The maximum Gasteiger partial charge on any atom is 0.416 e. The number of halogens is 5. The van der Waals surface area contributed by atoms with Crippen LogP contribution in [0, 0.1) is 11.6 Å². The second kappa shape index (κ2) is 10.0. The molecule has 1 amide bonds. The standard InChI is InChI=1S/C13H14F3N.C9H6F2N2O/c1-9(2)8-17-10(3)11-4-6-12(7-5-11)13(14,15)16;10-6-1-5-8(2-7(6)11)12-3-9(5)13-4-14/h4-8H,1-3H3;1-4,12H,(H,13,14). The van der Waals surface area contributed by atoms with E-state index in [1.54, 1.807) is 13.1 Å². The molecule has 1 heterocycles. The van der Waals surface area contributed by atoms with E-state index in [1.807, 2.05) is 13.8 Å². The summed E-state index contributed by atoms with van der Waals surface area (Å²) in [5, 5.41) is 2.82. The van der Waals surface area contributed by atoms with Gasteiger partial charge in [-0.05, 0) is 44.5 Å². The molecule has 2 aromatic carbocycles. The zero-order valence-electron chi connectivity index (χ0n) is 16.9. The number of anilines is 1. The van der Waals surface area contributed by atoms with E-state index < -0.39 is 23.4 Å². The van der Waals surface area contributed by atoms with Gasteiger partial charge >= 0.3 is 6.18 Å². The number of amides is 1. The number of hydrogen-bond acceptors (Lipinski definition) is 2. The molecule has 31 heavy (non-hydrogen) atoms. The number of nitrogens with zero attached hydrogens (tertiary/aromatic N) is 1. The van der Waals surface area contributed by atoms with E-state index in [-0.39, 0.29) is 0 Å². The Balaban J connectivity index is 0.000000224. The molecule has 0 aliphatic carbocycles. The van der Waals surface area contributed by atoms with Gasteiger partial charge in [0.1, 0.15) is 0 Å². The Bertz CT molecular complexity index is 1110. The van der Waals surface area contributed by atoms with Crippen molar-refractivity contribution in [2.45, 2.75) is 26.9 Å². The number of allylic oxidation sites excluding steroid dienone is 1. The lowest BCUT2D eigenvalue weighted by Crippen LogP contribution is -2.05. The van der Waals surface area contributed by atoms with Crippen molar-refractivity contribution in [3.05, 3.63) is 77.1 Å². The van der Waals surface area contributed by atoms with Gasteiger partial charge < -0.3 is 10.3 Å². The Hall–Kier alpha value is -3.49. The van der Waals surface area contributed by atoms with Gasteiger partial charge in [0.05, 0.1) is 16.8 Å². The first-order chi connectivity index (χ1) is 14.5. The average Bonchev–Trinajstić information content (AvgIpc) is 3.08. The fraction of sp³-hybridized carbons (Fsp3) is 0.182. The molecular formula is C22H20F5N3O. The highest BCUT2D eigenvalue weighted by Gasteiger charge is 2.29. The summed E-state index contributed by atoms with van der Waals surface area (Å²) in [4.78, 5) is 17.0. The van der Waals surface area contributed by atoms with Crippen molar-refractivity contribution in [1.29, 1.82) is 0 Å². The number of benzene rings is 2. The lowest BCUT2D eigenvalue weighted by molar-refractivity contribution is -0.137. The number of rotatable bonds is 4. The molecule has 3 rings (SSSR count). The van der Waals surface area contributed by atoms with Crippen molar-refractivity contribution in [2.24, 2.45) is 4.99 Å². The van der Waals surface area contributed by atoms with Crippen LogP contribution in [0.4, 0.5) is 27.6 Å². The van der Waals surface area contributed by atoms with Gasteiger partial charge in [0.15, 0.2) is 11.6 Å². The Morgan fingerprint density at radius 3 is 2.19 bits per heavy atom. The van der Waals surface area contributed by atoms with Crippen LogP contribution in [-0.2, 0) is 11.0 Å². The van der Waals surface area contributed by atoms with E-state index in [1.165, 1.54) is 18.3 Å². The summed E-state index contributed by atoms with van der Waals surface area (Å²) in [6.07, 6.45) is -0.654. The lowest BCUT2D eigenvalue weighted by Gasteiger charge is -2.07. The first kappa shape index (κ1) is 23.8. The largest absolute Gasteiger partial charge is 0.416 e. The molecule has 0 bridgehead atoms. The lowest BCUT2D eigenvalue weighted by atomic mass is 10.1. The third-order valence-corrected chi connectivity index (χ3v) is 4.08. The number of carbonyl (C=O) groups is 1. The summed E-state index contributed by atoms with van der Waals surface area (Å²) in [5.74, 6) is -1.86. The molecule has 0 unspecified atom stereocenters. The molecule has 1 aromatic heterocycles. The minimum Gasteiger partial charge on any atom is -0.359 e. The van der Waals surface area contributed by atoms with Gasteiger partial charge in [-0.1, -0.05) is 17.7 Å². The van der Waals surface area contributed by atoms with Gasteiger partial charge in [-0.25, -0.2) is 8.78 Å². The van der Waals surface area contributed by atoms with Gasteiger partial charge in [0.25, 0.3) is 0 Å². The smallest absolute Gasteiger partial charge is 0.359 e. The SMILES string of the molecule is CC(C)=CN=C(C)c1ccc(C(F)(F)F)cc1.O=CNc1c[nH]c2cc(F)c(F)cc12. The van der Waals surface area contributed by atoms with E-state index in [2.05, 4.69) is 15.3 Å². The average molecular weight is 437 g/mol. The number of carbonyl (C=O) groups excluding carboxylic acids is 1. The van der Waals surface area contributed by atoms with Crippen molar-refractivity contribution in [1.82, 2.24) is 4.98 Å². The quantitative estimate of drug-likeness (QED) is 0.275. The topological polar surface area (TPSA) is 57.2 Å². The summed E-state index contributed by atoms with van der Waals surface area (Å²) >= 11 is 0. The van der Waals surface area contributed by atoms with Crippen LogP contribution in [0.15, 0.2) is 59.4 Å². The van der Waals surface area contributed by atoms with E-state index in [4.69, 9.17) is 0 Å². The van der Waals surface area contributed by atoms with Crippen LogP contribution in [0.5, 0.6) is 0 Å². The summed E-state index contributed by atoms with van der Waals surface area (Å²) in [6, 6.07) is 7.07. The van der Waals surface area contributed by atoms with E-state index >= 15 is 0 Å². The number of hydrogen-bond donors (Lipinski definition) is 2. The second-order valence-corrected chi connectivity index (χ2v) is 6.77. The molecule has 0 atom stereocenters. The van der Waals surface area contributed by atoms with Crippen molar-refractivity contribution >= 4 is 28.7 Å². The number of aliphatic imine (C=N–C) groups is 1. The summed E-state index contributed by atoms with van der Waals surface area (Å²) in [5.41, 5.74) is 2.64. The highest BCUT2D eigenvalue weighted by atomic mass is 19.4. The van der Waals surface area contributed by atoms with Gasteiger partial charge in [-0.15, -0.1) is 0 Å². The predicted molar refractivity (Wildman–Crippen MR) is 111 cm³/mol. The van der Waals surface area contributed by atoms with Crippen LogP contribution in [0.1, 0.15) is 31.9 Å². The molecule has 0 aliphatic heterocycles. The number of alkyl halides is 3. The molecule has 0 saturated carbocycles. The number of fused-ring (bicyclic) bond motifs is 1. The van der Waals surface area contributed by atoms with Crippen LogP contribution in [0.25, 0.3) is 10.9 Å². The minimum atomic E-state index is -4.29. The molecule has 0 fully saturated rings. The zero-order valence-corrected chi connectivity index (χ0v) is 16.9. The number of aromatic amines is 1. The maximum atomic E-state index is 12.8. The van der Waals surface area contributed by atoms with Gasteiger partial charge in [-0.2, -0.15) is 13.2 Å². The van der Waals surface area contributed by atoms with Gasteiger partial charge in [0, 0.05) is 29.6 Å². The summed E-state index contributed by atoms with van der Waals surface area (Å²) < 4.78 is 62.6. The summed E-state index contributed by atoms with van der Waals surface area (Å²) in [6.45, 7) is 5.58. The van der Waals surface area contributed by atoms with E-state index in [0.717, 1.165) is 29.8 Å². The predicted octanol–water partition coefficient (Wildman–Crippen LogP) is 6.45. The van der Waals surface area contributed by atoms with Crippen LogP contribution < -0.4 is 5.32 Å². The Kier molecular flexibility index (Phi) is 7.68. The van der Waals surface area contributed by atoms with Crippen LogP contribution in [-0.4, -0.2) is 17.1 Å². The van der Waals surface area contributed by atoms with Crippen molar-refractivity contribution in [3.63, 3.8) is 0 Å². The minimum absolute atomic E-state index is 0.425. The normalized spacial score (nSPS) is 11.5. The van der Waals surface area contributed by atoms with Gasteiger partial charge in [0.2, 0.25) is 6.41 Å². The molecular weight excluding hydrogens is 417 g/mol. The molecule has 0 saturated heterocycles. The first-order valence-corrected chi connectivity index (χ1v) is 9.04. The molecule has 164 valence electrons. The zero-order chi connectivity index (χ0) is 23.2. The fourth-order valence-electron chi connectivity index (χ4n) is 2.50. The third kappa shape index (κ3) is 6.50. The molecule has 3 aromatic rings. The molecule has 4 nitrogen and oxygen atoms in total. The van der Waals surface area contributed by atoms with E-state index in [9.17, 15) is 26.7 Å². The monoisotopic (exact) mass is 437 g/mol. The van der Waals surface area contributed by atoms with Crippen molar-refractivity contribution < 1.29 is 26.7 Å². The van der Waals surface area contributed by atoms with Gasteiger partial charge in [-0.3, -0.25) is 9.79 Å². The Labute approximate surface area is 175 Å². The molecule has 2 N–H and O–H groups in total. The Morgan fingerprint density at radius 1 is 1.03 bits per heavy atom. The Morgan fingerprint density at radius 2 is 1.65 bits per heavy atom. The summed E-state index contributed by atoms with van der Waals surface area (Å²) in [7, 11) is 0. The maximum absolute atomic E-state index is 12.8. The van der Waals surface area contributed by atoms with Crippen LogP contribution >= 0.6 is 0 Å². The molecule has 0 aliphatic rings. The molecule has 9 heteroatoms. The highest BCUT2D eigenvalue weighted by molar-refractivity contribution is 5.99. The molecule has 0 spiro atoms. The molecule has 0 radical (unpaired) electrons. The third-order valence-electron chi connectivity index (χ3n) is 4.08. The van der Waals surface area contributed by atoms with E-state index in [0.29, 0.717) is 34.3 Å². The first-order valence-electron chi connectivity index (χ1n) is 9.04. The second-order valence-electron chi connectivity index (χ2n) is 6.77. The van der Waals surface area contributed by atoms with Crippen LogP contribution in [0.2, 0.25) is 0 Å². The van der Waals surface area contributed by atoms with Crippen molar-refractivity contribution in [3.8, 4) is 0 Å².